The third-order valence-corrected chi connectivity index (χ3v) is 5.92. The van der Waals surface area contributed by atoms with E-state index in [1.54, 1.807) is 6.08 Å². The van der Waals surface area contributed by atoms with Crippen LogP contribution in [0, 0.1) is 10.8 Å². The van der Waals surface area contributed by atoms with Crippen molar-refractivity contribution in [2.45, 2.75) is 59.0 Å². The molecule has 0 radical (unpaired) electrons. The van der Waals surface area contributed by atoms with Crippen molar-refractivity contribution in [3.05, 3.63) is 36.5 Å². The fourth-order valence-corrected chi connectivity index (χ4v) is 4.37. The van der Waals surface area contributed by atoms with Crippen molar-refractivity contribution in [1.29, 1.82) is 0 Å². The molecule has 1 saturated heterocycles. The molecule has 1 aliphatic carbocycles. The van der Waals surface area contributed by atoms with Crippen LogP contribution in [0.1, 0.15) is 52.9 Å². The summed E-state index contributed by atoms with van der Waals surface area (Å²) >= 11 is 0. The number of hydrogen-bond acceptors (Lipinski definition) is 3. The molecular weight excluding hydrogens is 310 g/mol. The third-order valence-electron chi connectivity index (χ3n) is 5.92. The van der Waals surface area contributed by atoms with E-state index < -0.39 is 0 Å². The monoisotopic (exact) mass is 347 g/mol. The summed E-state index contributed by atoms with van der Waals surface area (Å²) in [5, 5.41) is 9.86. The second-order valence-electron chi connectivity index (χ2n) is 8.66. The molecule has 1 heterocycles. The Kier molecular flexibility index (Phi) is 7.48. The Labute approximate surface area is 154 Å². The highest BCUT2D eigenvalue weighted by Gasteiger charge is 2.37. The lowest BCUT2D eigenvalue weighted by Gasteiger charge is -2.44. The van der Waals surface area contributed by atoms with E-state index in [0.717, 1.165) is 45.3 Å². The number of ether oxygens (including phenoxy) is 1. The molecule has 0 amide bonds. The first-order chi connectivity index (χ1) is 11.9. The molecule has 2 aliphatic rings. The lowest BCUT2D eigenvalue weighted by atomic mass is 9.68. The van der Waals surface area contributed by atoms with Crippen molar-refractivity contribution in [3.8, 4) is 0 Å². The largest absolute Gasteiger partial charge is 0.396 e. The number of hydrogen-bond donors (Lipinski definition) is 1. The van der Waals surface area contributed by atoms with E-state index >= 15 is 0 Å². The summed E-state index contributed by atoms with van der Waals surface area (Å²) in [5.74, 6) is 0. The molecular formula is C22H37NO2. The highest BCUT2D eigenvalue weighted by Crippen LogP contribution is 2.41. The highest BCUT2D eigenvalue weighted by molar-refractivity contribution is 5.26. The number of aliphatic hydroxyl groups excluding tert-OH is 1. The van der Waals surface area contributed by atoms with Gasteiger partial charge < -0.3 is 9.84 Å². The van der Waals surface area contributed by atoms with E-state index in [1.807, 2.05) is 0 Å². The Balaban J connectivity index is 1.95. The second kappa shape index (κ2) is 9.16. The Morgan fingerprint density at radius 1 is 1.40 bits per heavy atom. The lowest BCUT2D eigenvalue weighted by molar-refractivity contribution is 0.0281. The number of aliphatic hydroxyl groups is 1. The minimum absolute atomic E-state index is 0.0799. The van der Waals surface area contributed by atoms with E-state index in [2.05, 4.69) is 50.5 Å². The normalized spacial score (nSPS) is 34.2. The van der Waals surface area contributed by atoms with Gasteiger partial charge in [-0.2, -0.15) is 0 Å². The molecule has 25 heavy (non-hydrogen) atoms. The maximum absolute atomic E-state index is 9.86. The number of nitrogens with zero attached hydrogens (tertiary/aromatic N) is 1. The predicted octanol–water partition coefficient (Wildman–Crippen LogP) is 4.34. The van der Waals surface area contributed by atoms with Crippen LogP contribution in [-0.2, 0) is 4.74 Å². The molecule has 1 aliphatic heterocycles. The van der Waals surface area contributed by atoms with Crippen LogP contribution < -0.4 is 0 Å². The molecule has 0 aromatic carbocycles. The third kappa shape index (κ3) is 6.09. The van der Waals surface area contributed by atoms with Crippen LogP contribution >= 0.6 is 0 Å². The van der Waals surface area contributed by atoms with Gasteiger partial charge in [0.05, 0.1) is 12.7 Å². The summed E-state index contributed by atoms with van der Waals surface area (Å²) in [7, 11) is 0. The van der Waals surface area contributed by atoms with Crippen LogP contribution in [0.2, 0.25) is 0 Å². The first kappa shape index (κ1) is 20.4. The first-order valence-electron chi connectivity index (χ1n) is 9.85. The molecule has 3 atom stereocenters. The molecule has 2 rings (SSSR count). The summed E-state index contributed by atoms with van der Waals surface area (Å²) in [6.45, 7) is 14.8. The van der Waals surface area contributed by atoms with Crippen molar-refractivity contribution in [3.63, 3.8) is 0 Å². The van der Waals surface area contributed by atoms with Crippen LogP contribution in [0.15, 0.2) is 36.5 Å². The summed E-state index contributed by atoms with van der Waals surface area (Å²) < 4.78 is 5.71. The summed E-state index contributed by atoms with van der Waals surface area (Å²) in [4.78, 5) is 2.61. The Bertz CT molecular complexity index is 498. The topological polar surface area (TPSA) is 32.7 Å². The van der Waals surface area contributed by atoms with Crippen molar-refractivity contribution < 1.29 is 9.84 Å². The summed E-state index contributed by atoms with van der Waals surface area (Å²) in [5.41, 5.74) is 1.76. The zero-order valence-electron chi connectivity index (χ0n) is 16.5. The molecule has 3 unspecified atom stereocenters. The van der Waals surface area contributed by atoms with Crippen molar-refractivity contribution in [1.82, 2.24) is 4.90 Å². The molecule has 1 N–H and O–H groups in total. The van der Waals surface area contributed by atoms with Gasteiger partial charge >= 0.3 is 0 Å². The Morgan fingerprint density at radius 2 is 2.20 bits per heavy atom. The number of likely N-dealkylation sites (tertiary alicyclic amines) is 1. The standard InChI is InChI=1S/C22H37NO2/c1-5-14-25-20-10-8-19(9-11-20)15-23-13-7-12-22(4,18-24)16-21(3,6-2)17-23/h5,8-10,20,24H,1,6-7,11-18H2,2-4H3. The van der Waals surface area contributed by atoms with Gasteiger partial charge in [0.1, 0.15) is 0 Å². The summed E-state index contributed by atoms with van der Waals surface area (Å²) in [6, 6.07) is 0. The van der Waals surface area contributed by atoms with E-state index in [9.17, 15) is 5.11 Å². The minimum atomic E-state index is 0.0799. The Morgan fingerprint density at radius 3 is 2.80 bits per heavy atom. The molecule has 3 heteroatoms. The molecule has 0 bridgehead atoms. The first-order valence-corrected chi connectivity index (χ1v) is 9.85. The maximum atomic E-state index is 9.86. The summed E-state index contributed by atoms with van der Waals surface area (Å²) in [6.07, 6.45) is 14.2. The van der Waals surface area contributed by atoms with Gasteiger partial charge in [-0.1, -0.05) is 45.1 Å². The smallest absolute Gasteiger partial charge is 0.0797 e. The second-order valence-corrected chi connectivity index (χ2v) is 8.66. The average molecular weight is 348 g/mol. The van der Waals surface area contributed by atoms with E-state index in [0.29, 0.717) is 13.2 Å². The van der Waals surface area contributed by atoms with Gasteiger partial charge in [-0.05, 0) is 55.1 Å². The molecule has 0 saturated carbocycles. The molecule has 0 aromatic heterocycles. The zero-order chi connectivity index (χ0) is 18.3. The fraction of sp³-hybridized carbons (Fsp3) is 0.727. The van der Waals surface area contributed by atoms with Gasteiger partial charge in [0, 0.05) is 19.7 Å². The van der Waals surface area contributed by atoms with Gasteiger partial charge in [0.2, 0.25) is 0 Å². The predicted molar refractivity (Wildman–Crippen MR) is 106 cm³/mol. The van der Waals surface area contributed by atoms with Gasteiger partial charge in [-0.25, -0.2) is 0 Å². The van der Waals surface area contributed by atoms with E-state index in [4.69, 9.17) is 4.74 Å². The molecule has 0 aromatic rings. The van der Waals surface area contributed by atoms with Gasteiger partial charge in [0.25, 0.3) is 0 Å². The van der Waals surface area contributed by atoms with Crippen LogP contribution in [-0.4, -0.2) is 49.0 Å². The van der Waals surface area contributed by atoms with Crippen LogP contribution in [0.25, 0.3) is 0 Å². The van der Waals surface area contributed by atoms with Crippen molar-refractivity contribution in [2.24, 2.45) is 10.8 Å². The van der Waals surface area contributed by atoms with Gasteiger partial charge in [-0.3, -0.25) is 4.90 Å². The molecule has 0 spiro atoms. The van der Waals surface area contributed by atoms with Crippen molar-refractivity contribution in [2.75, 3.05) is 32.8 Å². The fourth-order valence-electron chi connectivity index (χ4n) is 4.37. The average Bonchev–Trinajstić information content (AvgIpc) is 2.59. The quantitative estimate of drug-likeness (QED) is 0.695. The van der Waals surface area contributed by atoms with Crippen LogP contribution in [0.3, 0.4) is 0 Å². The zero-order valence-corrected chi connectivity index (χ0v) is 16.5. The van der Waals surface area contributed by atoms with Gasteiger partial charge in [-0.15, -0.1) is 6.58 Å². The lowest BCUT2D eigenvalue weighted by Crippen LogP contribution is -2.43. The van der Waals surface area contributed by atoms with E-state index in [1.165, 1.54) is 12.0 Å². The van der Waals surface area contributed by atoms with Gasteiger partial charge in [0.15, 0.2) is 0 Å². The molecule has 142 valence electrons. The van der Waals surface area contributed by atoms with Crippen LogP contribution in [0.4, 0.5) is 0 Å². The highest BCUT2D eigenvalue weighted by atomic mass is 16.5. The minimum Gasteiger partial charge on any atom is -0.396 e. The molecule has 3 nitrogen and oxygen atoms in total. The number of rotatable bonds is 7. The SMILES string of the molecule is C=CCOC1C=CC(CN2CCCC(C)(CO)CC(C)(CC)C2)=CC1. The molecule has 1 fully saturated rings. The van der Waals surface area contributed by atoms with E-state index in [-0.39, 0.29) is 16.9 Å². The van der Waals surface area contributed by atoms with Crippen molar-refractivity contribution >= 4 is 0 Å². The Hall–Kier alpha value is -0.900. The van der Waals surface area contributed by atoms with Crippen LogP contribution in [0.5, 0.6) is 0 Å². The maximum Gasteiger partial charge on any atom is 0.0797 e.